The Kier molecular flexibility index (Phi) is 3.32. The molecule has 2 aromatic carbocycles. The molecule has 0 fully saturated rings. The van der Waals surface area contributed by atoms with Crippen molar-refractivity contribution in [3.63, 3.8) is 0 Å². The average molecular weight is 321 g/mol. The summed E-state index contributed by atoms with van der Waals surface area (Å²) in [5, 5.41) is 10.4. The number of aromatic nitrogens is 4. The van der Waals surface area contributed by atoms with E-state index in [2.05, 4.69) is 15.3 Å². The molecule has 0 atom stereocenters. The molecule has 112 valence electrons. The number of hydrogen-bond acceptors (Lipinski definition) is 3. The third-order valence-electron chi connectivity index (χ3n) is 3.85. The average Bonchev–Trinajstić information content (AvgIpc) is 2.96. The molecule has 4 aromatic rings. The van der Waals surface area contributed by atoms with Gasteiger partial charge in [-0.15, -0.1) is 5.10 Å². The van der Waals surface area contributed by atoms with Gasteiger partial charge in [-0.25, -0.2) is 4.68 Å². The van der Waals surface area contributed by atoms with Crippen LogP contribution in [0.15, 0.2) is 60.8 Å². The first-order valence-electron chi connectivity index (χ1n) is 7.26. The van der Waals surface area contributed by atoms with Gasteiger partial charge in [-0.1, -0.05) is 47.1 Å². The summed E-state index contributed by atoms with van der Waals surface area (Å²) in [6.45, 7) is 2.02. The quantitative estimate of drug-likeness (QED) is 0.548. The molecule has 0 aliphatic heterocycles. The Morgan fingerprint density at radius 2 is 1.83 bits per heavy atom. The van der Waals surface area contributed by atoms with E-state index in [1.807, 2.05) is 66.2 Å². The molecule has 4 nitrogen and oxygen atoms in total. The van der Waals surface area contributed by atoms with Crippen molar-refractivity contribution in [2.24, 2.45) is 0 Å². The van der Waals surface area contributed by atoms with Gasteiger partial charge in [-0.2, -0.15) is 0 Å². The molecule has 0 N–H and O–H groups in total. The van der Waals surface area contributed by atoms with Crippen LogP contribution in [0.3, 0.4) is 0 Å². The highest BCUT2D eigenvalue weighted by atomic mass is 35.5. The number of rotatable bonds is 2. The van der Waals surface area contributed by atoms with Gasteiger partial charge in [-0.3, -0.25) is 4.98 Å². The molecule has 0 aliphatic carbocycles. The zero-order valence-corrected chi connectivity index (χ0v) is 13.2. The fourth-order valence-electron chi connectivity index (χ4n) is 2.71. The zero-order valence-electron chi connectivity index (χ0n) is 12.4. The molecular weight excluding hydrogens is 308 g/mol. The second kappa shape index (κ2) is 5.48. The Bertz CT molecular complexity index is 993. The van der Waals surface area contributed by atoms with Crippen LogP contribution in [0.5, 0.6) is 0 Å². The number of benzene rings is 2. The Hall–Kier alpha value is -2.72. The Morgan fingerprint density at radius 3 is 2.65 bits per heavy atom. The van der Waals surface area contributed by atoms with Gasteiger partial charge in [-0.05, 0) is 31.2 Å². The number of hydrogen-bond donors (Lipinski definition) is 0. The second-order valence-corrected chi connectivity index (χ2v) is 5.73. The molecule has 0 radical (unpaired) electrons. The van der Waals surface area contributed by atoms with Gasteiger partial charge in [0.1, 0.15) is 5.69 Å². The number of halogens is 1. The predicted octanol–water partition coefficient (Wildman–Crippen LogP) is 4.44. The van der Waals surface area contributed by atoms with Gasteiger partial charge in [0.2, 0.25) is 0 Å². The van der Waals surface area contributed by atoms with Crippen molar-refractivity contribution in [2.45, 2.75) is 6.92 Å². The number of fused-ring (bicyclic) bond motifs is 1. The van der Waals surface area contributed by atoms with Crippen molar-refractivity contribution in [3.05, 3.63) is 71.5 Å². The summed E-state index contributed by atoms with van der Waals surface area (Å²) < 4.78 is 1.85. The third-order valence-corrected chi connectivity index (χ3v) is 4.09. The molecule has 0 saturated carbocycles. The standard InChI is InChI=1S/C18H13ClN4/c1-12-18(13-5-3-2-4-6-13)21-22-23(12)17-9-10-20-16-11-14(19)7-8-15(16)17/h2-11H,1H3. The minimum Gasteiger partial charge on any atom is -0.256 e. The van der Waals surface area contributed by atoms with Gasteiger partial charge in [0, 0.05) is 22.2 Å². The van der Waals surface area contributed by atoms with E-state index in [-0.39, 0.29) is 0 Å². The van der Waals surface area contributed by atoms with Crippen LogP contribution < -0.4 is 0 Å². The Morgan fingerprint density at radius 1 is 1.00 bits per heavy atom. The smallest absolute Gasteiger partial charge is 0.116 e. The molecule has 0 amide bonds. The van der Waals surface area contributed by atoms with E-state index in [0.717, 1.165) is 33.5 Å². The normalized spacial score (nSPS) is 11.0. The fraction of sp³-hybridized carbons (Fsp3) is 0.0556. The van der Waals surface area contributed by atoms with Crippen molar-refractivity contribution in [3.8, 4) is 16.9 Å². The molecule has 5 heteroatoms. The topological polar surface area (TPSA) is 43.6 Å². The maximum absolute atomic E-state index is 6.06. The number of nitrogens with zero attached hydrogens (tertiary/aromatic N) is 4. The lowest BCUT2D eigenvalue weighted by atomic mass is 10.1. The minimum absolute atomic E-state index is 0.669. The van der Waals surface area contributed by atoms with Gasteiger partial charge in [0.05, 0.1) is 16.9 Å². The van der Waals surface area contributed by atoms with Gasteiger partial charge in [0.25, 0.3) is 0 Å². The number of pyridine rings is 1. The van der Waals surface area contributed by atoms with E-state index in [1.165, 1.54) is 0 Å². The lowest BCUT2D eigenvalue weighted by molar-refractivity contribution is 0.789. The van der Waals surface area contributed by atoms with Crippen molar-refractivity contribution in [1.29, 1.82) is 0 Å². The van der Waals surface area contributed by atoms with E-state index in [0.29, 0.717) is 5.02 Å². The molecule has 2 heterocycles. The molecule has 0 saturated heterocycles. The van der Waals surface area contributed by atoms with E-state index < -0.39 is 0 Å². The Labute approximate surface area is 138 Å². The van der Waals surface area contributed by atoms with Crippen LogP contribution in [0.4, 0.5) is 0 Å². The van der Waals surface area contributed by atoms with Gasteiger partial charge in [0.15, 0.2) is 0 Å². The molecule has 0 unspecified atom stereocenters. The fourth-order valence-corrected chi connectivity index (χ4v) is 2.88. The van der Waals surface area contributed by atoms with Crippen molar-refractivity contribution >= 4 is 22.5 Å². The summed E-state index contributed by atoms with van der Waals surface area (Å²) >= 11 is 6.06. The highest BCUT2D eigenvalue weighted by molar-refractivity contribution is 6.31. The molecule has 0 bridgehead atoms. The van der Waals surface area contributed by atoms with Crippen LogP contribution in [0.1, 0.15) is 5.69 Å². The second-order valence-electron chi connectivity index (χ2n) is 5.29. The summed E-state index contributed by atoms with van der Waals surface area (Å²) in [6, 6.07) is 17.7. The van der Waals surface area contributed by atoms with Crippen LogP contribution in [0.25, 0.3) is 27.8 Å². The minimum atomic E-state index is 0.669. The molecular formula is C18H13ClN4. The Balaban J connectivity index is 1.91. The van der Waals surface area contributed by atoms with Crippen molar-refractivity contribution < 1.29 is 0 Å². The molecule has 0 aliphatic rings. The molecule has 2 aromatic heterocycles. The molecule has 0 spiro atoms. The predicted molar refractivity (Wildman–Crippen MR) is 91.8 cm³/mol. The SMILES string of the molecule is Cc1c(-c2ccccc2)nnn1-c1ccnc2cc(Cl)ccc12. The van der Waals surface area contributed by atoms with Crippen LogP contribution in [0.2, 0.25) is 5.02 Å². The first-order chi connectivity index (χ1) is 11.2. The van der Waals surface area contributed by atoms with Gasteiger partial charge >= 0.3 is 0 Å². The third kappa shape index (κ3) is 2.37. The first-order valence-corrected chi connectivity index (χ1v) is 7.64. The van der Waals surface area contributed by atoms with Crippen LogP contribution in [0, 0.1) is 6.92 Å². The molecule has 4 rings (SSSR count). The van der Waals surface area contributed by atoms with Gasteiger partial charge < -0.3 is 0 Å². The summed E-state index contributed by atoms with van der Waals surface area (Å²) in [5.41, 5.74) is 4.70. The van der Waals surface area contributed by atoms with E-state index >= 15 is 0 Å². The summed E-state index contributed by atoms with van der Waals surface area (Å²) in [5.74, 6) is 0. The largest absolute Gasteiger partial charge is 0.256 e. The monoisotopic (exact) mass is 320 g/mol. The van der Waals surface area contributed by atoms with E-state index in [4.69, 9.17) is 11.6 Å². The van der Waals surface area contributed by atoms with Crippen LogP contribution >= 0.6 is 11.6 Å². The van der Waals surface area contributed by atoms with Crippen molar-refractivity contribution in [1.82, 2.24) is 20.0 Å². The summed E-state index contributed by atoms with van der Waals surface area (Å²) in [7, 11) is 0. The zero-order chi connectivity index (χ0) is 15.8. The van der Waals surface area contributed by atoms with Crippen molar-refractivity contribution in [2.75, 3.05) is 0 Å². The van der Waals surface area contributed by atoms with E-state index in [9.17, 15) is 0 Å². The lowest BCUT2D eigenvalue weighted by Crippen LogP contribution is -2.00. The molecule has 23 heavy (non-hydrogen) atoms. The maximum atomic E-state index is 6.06. The first kappa shape index (κ1) is 13.9. The van der Waals surface area contributed by atoms with E-state index in [1.54, 1.807) is 6.20 Å². The summed E-state index contributed by atoms with van der Waals surface area (Å²) in [6.07, 6.45) is 1.76. The van der Waals surface area contributed by atoms with Crippen LogP contribution in [-0.2, 0) is 0 Å². The highest BCUT2D eigenvalue weighted by Crippen LogP contribution is 2.27. The summed E-state index contributed by atoms with van der Waals surface area (Å²) in [4.78, 5) is 4.38. The van der Waals surface area contributed by atoms with Crippen LogP contribution in [-0.4, -0.2) is 20.0 Å². The lowest BCUT2D eigenvalue weighted by Gasteiger charge is -2.08. The highest BCUT2D eigenvalue weighted by Gasteiger charge is 2.14. The maximum Gasteiger partial charge on any atom is 0.116 e.